The summed E-state index contributed by atoms with van der Waals surface area (Å²) in [5, 5.41) is 8.68. The summed E-state index contributed by atoms with van der Waals surface area (Å²) in [5.41, 5.74) is 1.38. The van der Waals surface area contributed by atoms with Crippen LogP contribution >= 0.6 is 0 Å². The number of ether oxygens (including phenoxy) is 1. The molecule has 0 saturated carbocycles. The molecule has 0 aliphatic carbocycles. The number of rotatable bonds is 11. The summed E-state index contributed by atoms with van der Waals surface area (Å²) in [6.45, 7) is 2.70. The Kier molecular flexibility index (Phi) is 16.3. The van der Waals surface area contributed by atoms with Crippen molar-refractivity contribution in [2.24, 2.45) is 0 Å². The van der Waals surface area contributed by atoms with E-state index in [1.54, 1.807) is 0 Å². The molecule has 0 radical (unpaired) electrons. The molecule has 1 rings (SSSR count). The zero-order valence-electron chi connectivity index (χ0n) is 12.2. The molecule has 0 aromatic heterocycles. The molecule has 124 valence electrons. The molecular weight excluding hydrogens is 260 g/mol. The number of benzene rings is 1. The van der Waals surface area contributed by atoms with Gasteiger partial charge in [-0.05, 0) is 30.5 Å². The van der Waals surface area contributed by atoms with Crippen LogP contribution in [0, 0.1) is 0 Å². The van der Waals surface area contributed by atoms with Crippen molar-refractivity contribution in [2.45, 2.75) is 73.1 Å². The van der Waals surface area contributed by atoms with Gasteiger partial charge in [-0.1, -0.05) is 72.4 Å². The molecule has 2 nitrogen and oxygen atoms in total. The summed E-state index contributed by atoms with van der Waals surface area (Å²) in [7, 11) is 0. The van der Waals surface area contributed by atoms with Gasteiger partial charge in [0.05, 0.1) is 6.61 Å². The first kappa shape index (κ1) is 22.3. The largest absolute Gasteiger partial charge is 0.491 e. The monoisotopic (exact) mass is 296 g/mol. The van der Waals surface area contributed by atoms with Crippen LogP contribution in [-0.2, 0) is 6.42 Å². The van der Waals surface area contributed by atoms with Gasteiger partial charge < -0.3 is 9.84 Å². The Hall–Kier alpha value is -1.02. The quantitative estimate of drug-likeness (QED) is 0.537. The van der Waals surface area contributed by atoms with Crippen molar-refractivity contribution in [3.8, 4) is 5.75 Å². The van der Waals surface area contributed by atoms with Crippen LogP contribution in [-0.4, -0.2) is 18.3 Å². The third-order valence-electron chi connectivity index (χ3n) is 3.35. The molecule has 0 fully saturated rings. The molecule has 1 N–H and O–H groups in total. The summed E-state index contributed by atoms with van der Waals surface area (Å²) >= 11 is 0. The van der Waals surface area contributed by atoms with E-state index in [-0.39, 0.29) is 21.5 Å². The number of aryl methyl sites for hydroxylation is 1. The van der Waals surface area contributed by atoms with E-state index in [9.17, 15) is 0 Å². The van der Waals surface area contributed by atoms with Gasteiger partial charge in [-0.15, -0.1) is 0 Å². The molecule has 0 aliphatic heterocycles. The maximum absolute atomic E-state index is 8.68. The van der Waals surface area contributed by atoms with Crippen molar-refractivity contribution in [1.29, 1.82) is 0 Å². The number of aliphatic hydroxyl groups is 1. The van der Waals surface area contributed by atoms with Crippen molar-refractivity contribution >= 4 is 0 Å². The van der Waals surface area contributed by atoms with Gasteiger partial charge in [-0.25, -0.2) is 0 Å². The predicted octanol–water partition coefficient (Wildman–Crippen LogP) is 5.62. The van der Waals surface area contributed by atoms with E-state index in [0.29, 0.717) is 6.61 Å². The average molecular weight is 296 g/mol. The molecule has 0 saturated heterocycles. The van der Waals surface area contributed by atoms with Crippen LogP contribution in [0.3, 0.4) is 0 Å². The minimum absolute atomic E-state index is 0. The van der Waals surface area contributed by atoms with Crippen molar-refractivity contribution in [3.05, 3.63) is 29.8 Å². The van der Waals surface area contributed by atoms with E-state index in [1.165, 1.54) is 50.5 Å². The van der Waals surface area contributed by atoms with Gasteiger partial charge in [-0.3, -0.25) is 0 Å². The predicted molar refractivity (Wildman–Crippen MR) is 94.2 cm³/mol. The van der Waals surface area contributed by atoms with E-state index in [1.807, 2.05) is 12.1 Å². The fourth-order valence-corrected chi connectivity index (χ4v) is 2.20. The summed E-state index contributed by atoms with van der Waals surface area (Å²) in [6, 6.07) is 8.24. The Morgan fingerprint density at radius 2 is 1.43 bits per heavy atom. The van der Waals surface area contributed by atoms with E-state index in [0.717, 1.165) is 12.2 Å². The van der Waals surface area contributed by atoms with Gasteiger partial charge in [0.25, 0.3) is 0 Å². The lowest BCUT2D eigenvalue weighted by Crippen LogP contribution is -2.01. The maximum Gasteiger partial charge on any atom is 0.119 e. The van der Waals surface area contributed by atoms with E-state index >= 15 is 0 Å². The molecule has 0 spiro atoms. The van der Waals surface area contributed by atoms with Gasteiger partial charge in [0.15, 0.2) is 0 Å². The van der Waals surface area contributed by atoms with Crippen molar-refractivity contribution < 1.29 is 9.84 Å². The van der Waals surface area contributed by atoms with Crippen LogP contribution in [0.4, 0.5) is 0 Å². The molecule has 1 aromatic carbocycles. The molecule has 0 aliphatic rings. The topological polar surface area (TPSA) is 29.5 Å². The number of unbranched alkanes of at least 4 members (excludes halogenated alkanes) is 6. The van der Waals surface area contributed by atoms with Crippen LogP contribution < -0.4 is 4.74 Å². The number of hydrogen-bond acceptors (Lipinski definition) is 2. The second-order valence-electron chi connectivity index (χ2n) is 5.09. The molecule has 0 amide bonds. The van der Waals surface area contributed by atoms with Crippen LogP contribution in [0.5, 0.6) is 5.75 Å². The van der Waals surface area contributed by atoms with Crippen LogP contribution in [0.1, 0.15) is 72.3 Å². The van der Waals surface area contributed by atoms with Gasteiger partial charge in [0, 0.05) is 0 Å². The molecule has 21 heavy (non-hydrogen) atoms. The summed E-state index contributed by atoms with van der Waals surface area (Å²) in [5.74, 6) is 0.845. The normalized spacial score (nSPS) is 9.62. The zero-order chi connectivity index (χ0) is 13.8. The van der Waals surface area contributed by atoms with Crippen molar-refractivity contribution in [1.82, 2.24) is 0 Å². The van der Waals surface area contributed by atoms with Crippen molar-refractivity contribution in [3.63, 3.8) is 0 Å². The van der Waals surface area contributed by atoms with E-state index < -0.39 is 0 Å². The second-order valence-corrected chi connectivity index (χ2v) is 5.09. The first-order chi connectivity index (χ1) is 9.36. The SMILES string of the molecule is C.C.CCCCCCCCCc1ccc(OCCO)cc1. The number of aliphatic hydroxyl groups excluding tert-OH is 1. The Balaban J connectivity index is 0. The second kappa shape index (κ2) is 15.4. The fraction of sp³-hybridized carbons (Fsp3) is 0.684. The zero-order valence-corrected chi connectivity index (χ0v) is 12.2. The van der Waals surface area contributed by atoms with Crippen LogP contribution in [0.2, 0.25) is 0 Å². The lowest BCUT2D eigenvalue weighted by atomic mass is 10.0. The highest BCUT2D eigenvalue weighted by Crippen LogP contribution is 2.15. The highest BCUT2D eigenvalue weighted by molar-refractivity contribution is 5.27. The Bertz CT molecular complexity index is 306. The number of hydrogen-bond donors (Lipinski definition) is 1. The van der Waals surface area contributed by atoms with E-state index in [2.05, 4.69) is 19.1 Å². The van der Waals surface area contributed by atoms with Crippen LogP contribution in [0.15, 0.2) is 24.3 Å². The molecular formula is C19H36O2. The minimum Gasteiger partial charge on any atom is -0.491 e. The Labute approximate surface area is 132 Å². The standard InChI is InChI=1S/C17H28O2.2CH4/c1-2-3-4-5-6-7-8-9-16-10-12-17(13-11-16)19-15-14-18;;/h10-13,18H,2-9,14-15H2,1H3;2*1H4. The highest BCUT2D eigenvalue weighted by atomic mass is 16.5. The van der Waals surface area contributed by atoms with Crippen LogP contribution in [0.25, 0.3) is 0 Å². The third kappa shape index (κ3) is 11.3. The third-order valence-corrected chi connectivity index (χ3v) is 3.35. The Morgan fingerprint density at radius 1 is 0.857 bits per heavy atom. The summed E-state index contributed by atoms with van der Waals surface area (Å²) in [4.78, 5) is 0. The first-order valence-corrected chi connectivity index (χ1v) is 7.69. The van der Waals surface area contributed by atoms with Gasteiger partial charge in [0.2, 0.25) is 0 Å². The molecule has 0 heterocycles. The highest BCUT2D eigenvalue weighted by Gasteiger charge is 1.96. The van der Waals surface area contributed by atoms with Gasteiger partial charge in [0.1, 0.15) is 12.4 Å². The van der Waals surface area contributed by atoms with Gasteiger partial charge in [-0.2, -0.15) is 0 Å². The average Bonchev–Trinajstić information content (AvgIpc) is 2.45. The fourth-order valence-electron chi connectivity index (χ4n) is 2.20. The first-order valence-electron chi connectivity index (χ1n) is 7.69. The molecule has 2 heteroatoms. The Morgan fingerprint density at radius 3 is 2.00 bits per heavy atom. The lowest BCUT2D eigenvalue weighted by Gasteiger charge is -2.06. The van der Waals surface area contributed by atoms with Crippen molar-refractivity contribution in [2.75, 3.05) is 13.2 Å². The molecule has 0 atom stereocenters. The lowest BCUT2D eigenvalue weighted by molar-refractivity contribution is 0.201. The smallest absolute Gasteiger partial charge is 0.119 e. The molecule has 0 unspecified atom stereocenters. The summed E-state index contributed by atoms with van der Waals surface area (Å²) in [6.07, 6.45) is 10.6. The van der Waals surface area contributed by atoms with Gasteiger partial charge >= 0.3 is 0 Å². The summed E-state index contributed by atoms with van der Waals surface area (Å²) < 4.78 is 5.34. The molecule has 0 bridgehead atoms. The van der Waals surface area contributed by atoms with E-state index in [4.69, 9.17) is 9.84 Å². The molecule has 1 aromatic rings. The minimum atomic E-state index is 0. The maximum atomic E-state index is 8.68.